The molecular weight excluding hydrogens is 428 g/mol. The van der Waals surface area contributed by atoms with E-state index in [1.807, 2.05) is 13.0 Å². The Balaban J connectivity index is 1.47. The van der Waals surface area contributed by atoms with Crippen molar-refractivity contribution in [2.75, 3.05) is 7.05 Å². The largest absolute Gasteiger partial charge is 0.461 e. The zero-order chi connectivity index (χ0) is 22.9. The molecule has 2 heterocycles. The van der Waals surface area contributed by atoms with Crippen molar-refractivity contribution in [2.45, 2.75) is 63.0 Å². The minimum Gasteiger partial charge on any atom is -0.461 e. The molecule has 1 aromatic carbocycles. The fraction of sp³-hybridized carbons (Fsp3) is 0.435. The van der Waals surface area contributed by atoms with E-state index in [2.05, 4.69) is 15.0 Å². The Hall–Kier alpha value is -2.78. The number of sulfonamides is 1. The Labute approximate surface area is 188 Å². The second-order valence-electron chi connectivity index (χ2n) is 8.34. The number of fused-ring (bicyclic) bond motifs is 1. The number of benzene rings is 1. The van der Waals surface area contributed by atoms with Gasteiger partial charge in [0.05, 0.1) is 16.1 Å². The molecule has 1 fully saturated rings. The standard InChI is InChI=1S/C23H28N4O4S/c1-15(23(28)31-18-6-4-5-7-18)27(3)32(29,30)19-10-8-17(9-11-19)14-21-22-20(12-13-24-21)25-16(2)26-22/h8-13,15,18H,4-7,14H2,1-3H3,(H,25,26)/t15-/m0/s1. The van der Waals surface area contributed by atoms with Crippen LogP contribution in [0.15, 0.2) is 41.4 Å². The quantitative estimate of drug-likeness (QED) is 0.547. The van der Waals surface area contributed by atoms with Crippen molar-refractivity contribution in [2.24, 2.45) is 0 Å². The van der Waals surface area contributed by atoms with Crippen LogP contribution in [0, 0.1) is 6.92 Å². The highest BCUT2D eigenvalue weighted by Crippen LogP contribution is 2.24. The van der Waals surface area contributed by atoms with Crippen LogP contribution in [0.2, 0.25) is 0 Å². The minimum absolute atomic E-state index is 0.100. The number of carbonyl (C=O) groups excluding carboxylic acids is 1. The molecule has 1 atom stereocenters. The second kappa shape index (κ2) is 8.99. The first-order chi connectivity index (χ1) is 15.3. The van der Waals surface area contributed by atoms with Gasteiger partial charge in [0.1, 0.15) is 23.5 Å². The number of pyridine rings is 1. The number of ether oxygens (including phenoxy) is 1. The molecule has 0 amide bonds. The highest BCUT2D eigenvalue weighted by atomic mass is 32.2. The monoisotopic (exact) mass is 456 g/mol. The van der Waals surface area contributed by atoms with Crippen LogP contribution in [-0.4, -0.2) is 52.8 Å². The van der Waals surface area contributed by atoms with Gasteiger partial charge < -0.3 is 9.72 Å². The van der Waals surface area contributed by atoms with E-state index in [4.69, 9.17) is 4.74 Å². The molecule has 170 valence electrons. The zero-order valence-corrected chi connectivity index (χ0v) is 19.4. The molecule has 0 radical (unpaired) electrons. The number of carbonyl (C=O) groups is 1. The van der Waals surface area contributed by atoms with E-state index >= 15 is 0 Å². The maximum Gasteiger partial charge on any atom is 0.324 e. The van der Waals surface area contributed by atoms with Crippen LogP contribution in [0.25, 0.3) is 11.0 Å². The Bertz CT molecular complexity index is 1210. The Morgan fingerprint density at radius 2 is 1.91 bits per heavy atom. The van der Waals surface area contributed by atoms with Gasteiger partial charge >= 0.3 is 5.97 Å². The molecule has 2 aromatic heterocycles. The van der Waals surface area contributed by atoms with E-state index in [9.17, 15) is 13.2 Å². The Morgan fingerprint density at radius 3 is 2.59 bits per heavy atom. The molecule has 0 spiro atoms. The third-order valence-electron chi connectivity index (χ3n) is 6.04. The lowest BCUT2D eigenvalue weighted by Gasteiger charge is -2.24. The van der Waals surface area contributed by atoms with Crippen LogP contribution in [0.3, 0.4) is 0 Å². The van der Waals surface area contributed by atoms with Gasteiger partial charge in [-0.05, 0) is 63.3 Å². The summed E-state index contributed by atoms with van der Waals surface area (Å²) >= 11 is 0. The fourth-order valence-electron chi connectivity index (χ4n) is 4.01. The van der Waals surface area contributed by atoms with Gasteiger partial charge in [0.2, 0.25) is 10.0 Å². The highest BCUT2D eigenvalue weighted by molar-refractivity contribution is 7.89. The number of aromatic nitrogens is 3. The number of aryl methyl sites for hydroxylation is 1. The summed E-state index contributed by atoms with van der Waals surface area (Å²) in [6.45, 7) is 3.45. The smallest absolute Gasteiger partial charge is 0.324 e. The molecule has 0 unspecified atom stereocenters. The summed E-state index contributed by atoms with van der Waals surface area (Å²) in [5, 5.41) is 0. The Kier molecular flexibility index (Phi) is 6.30. The number of esters is 1. The first-order valence-corrected chi connectivity index (χ1v) is 12.3. The summed E-state index contributed by atoms with van der Waals surface area (Å²) in [6, 6.07) is 7.64. The second-order valence-corrected chi connectivity index (χ2v) is 10.3. The molecule has 9 heteroatoms. The van der Waals surface area contributed by atoms with Crippen LogP contribution >= 0.6 is 0 Å². The Morgan fingerprint density at radius 1 is 1.22 bits per heavy atom. The van der Waals surface area contributed by atoms with Gasteiger partial charge in [-0.1, -0.05) is 12.1 Å². The summed E-state index contributed by atoms with van der Waals surface area (Å²) in [5.41, 5.74) is 3.48. The van der Waals surface area contributed by atoms with Crippen molar-refractivity contribution in [3.63, 3.8) is 0 Å². The predicted molar refractivity (Wildman–Crippen MR) is 121 cm³/mol. The third kappa shape index (κ3) is 4.54. The van der Waals surface area contributed by atoms with Gasteiger partial charge in [0.25, 0.3) is 0 Å². The number of aromatic amines is 1. The molecule has 1 aliphatic carbocycles. The van der Waals surface area contributed by atoms with Gasteiger partial charge in [-0.15, -0.1) is 0 Å². The molecule has 1 aliphatic rings. The average Bonchev–Trinajstić information content (AvgIpc) is 3.42. The van der Waals surface area contributed by atoms with E-state index in [-0.39, 0.29) is 11.0 Å². The molecular formula is C23H28N4O4S. The van der Waals surface area contributed by atoms with E-state index in [1.165, 1.54) is 7.05 Å². The van der Waals surface area contributed by atoms with Crippen LogP contribution in [0.5, 0.6) is 0 Å². The summed E-state index contributed by atoms with van der Waals surface area (Å²) in [7, 11) is -2.43. The summed E-state index contributed by atoms with van der Waals surface area (Å²) in [5.74, 6) is 0.312. The van der Waals surface area contributed by atoms with E-state index in [1.54, 1.807) is 37.4 Å². The van der Waals surface area contributed by atoms with Crippen LogP contribution in [-0.2, 0) is 26.0 Å². The predicted octanol–water partition coefficient (Wildman–Crippen LogP) is 3.35. The fourth-order valence-corrected chi connectivity index (χ4v) is 5.32. The maximum absolute atomic E-state index is 13.1. The number of hydrogen-bond donors (Lipinski definition) is 1. The number of likely N-dealkylation sites (N-methyl/N-ethyl adjacent to an activating group) is 1. The van der Waals surface area contributed by atoms with Crippen molar-refractivity contribution < 1.29 is 17.9 Å². The van der Waals surface area contributed by atoms with E-state index < -0.39 is 22.0 Å². The molecule has 8 nitrogen and oxygen atoms in total. The van der Waals surface area contributed by atoms with Crippen LogP contribution in [0.1, 0.15) is 49.7 Å². The number of imidazole rings is 1. The first-order valence-electron chi connectivity index (χ1n) is 10.8. The summed E-state index contributed by atoms with van der Waals surface area (Å²) in [4.78, 5) is 24.7. The zero-order valence-electron chi connectivity index (χ0n) is 18.5. The van der Waals surface area contributed by atoms with Gasteiger partial charge in [-0.25, -0.2) is 13.4 Å². The summed E-state index contributed by atoms with van der Waals surface area (Å²) in [6.07, 6.45) is 5.93. The number of rotatable bonds is 7. The van der Waals surface area contributed by atoms with E-state index in [0.29, 0.717) is 6.42 Å². The van der Waals surface area contributed by atoms with Crippen LogP contribution < -0.4 is 0 Å². The average molecular weight is 457 g/mol. The van der Waals surface area contributed by atoms with Gasteiger partial charge in [0, 0.05) is 19.7 Å². The SMILES string of the molecule is Cc1nc2c(Cc3ccc(S(=O)(=O)N(C)[C@@H](C)C(=O)OC4CCCC4)cc3)nccc2[nH]1. The maximum atomic E-state index is 13.1. The van der Waals surface area contributed by atoms with Gasteiger partial charge in [-0.3, -0.25) is 9.78 Å². The molecule has 3 aromatic rings. The van der Waals surface area contributed by atoms with E-state index in [0.717, 1.165) is 58.1 Å². The van der Waals surface area contributed by atoms with Gasteiger partial charge in [0.15, 0.2) is 0 Å². The van der Waals surface area contributed by atoms with Crippen molar-refractivity contribution in [1.29, 1.82) is 0 Å². The van der Waals surface area contributed by atoms with Crippen molar-refractivity contribution in [3.8, 4) is 0 Å². The molecule has 0 bridgehead atoms. The van der Waals surface area contributed by atoms with Crippen molar-refractivity contribution >= 4 is 27.0 Å². The lowest BCUT2D eigenvalue weighted by molar-refractivity contribution is -0.152. The molecule has 4 rings (SSSR count). The molecule has 0 saturated heterocycles. The first kappa shape index (κ1) is 22.4. The number of hydrogen-bond acceptors (Lipinski definition) is 6. The topological polar surface area (TPSA) is 105 Å². The van der Waals surface area contributed by atoms with Crippen molar-refractivity contribution in [3.05, 3.63) is 53.6 Å². The third-order valence-corrected chi connectivity index (χ3v) is 7.98. The molecule has 0 aliphatic heterocycles. The van der Waals surface area contributed by atoms with Crippen molar-refractivity contribution in [1.82, 2.24) is 19.3 Å². The number of H-pyrrole nitrogens is 1. The molecule has 1 N–H and O–H groups in total. The lowest BCUT2D eigenvalue weighted by Crippen LogP contribution is -2.42. The molecule has 1 saturated carbocycles. The summed E-state index contributed by atoms with van der Waals surface area (Å²) < 4.78 is 32.7. The normalized spacial score (nSPS) is 16.0. The van der Waals surface area contributed by atoms with Gasteiger partial charge in [-0.2, -0.15) is 4.31 Å². The minimum atomic E-state index is -3.84. The lowest BCUT2D eigenvalue weighted by atomic mass is 10.1. The number of nitrogens with zero attached hydrogens (tertiary/aromatic N) is 3. The molecule has 32 heavy (non-hydrogen) atoms. The van der Waals surface area contributed by atoms with Crippen LogP contribution in [0.4, 0.5) is 0 Å². The number of nitrogens with one attached hydrogen (secondary N) is 1. The highest BCUT2D eigenvalue weighted by Gasteiger charge is 2.32.